The molecule has 2 aromatic rings. The van der Waals surface area contributed by atoms with Gasteiger partial charge in [0.25, 0.3) is 0 Å². The third kappa shape index (κ3) is 5.21. The number of piperidine rings is 1. The quantitative estimate of drug-likeness (QED) is 0.812. The van der Waals surface area contributed by atoms with E-state index in [2.05, 4.69) is 28.4 Å². The number of rotatable bonds is 6. The lowest BCUT2D eigenvalue weighted by atomic mass is 9.88. The second-order valence-electron chi connectivity index (χ2n) is 7.42. The molecule has 27 heavy (non-hydrogen) atoms. The molecule has 0 aromatic heterocycles. The number of anilines is 1. The second kappa shape index (κ2) is 8.41. The van der Waals surface area contributed by atoms with Crippen molar-refractivity contribution >= 4 is 5.69 Å². The van der Waals surface area contributed by atoms with Crippen LogP contribution in [0.25, 0.3) is 0 Å². The fourth-order valence-electron chi connectivity index (χ4n) is 3.45. The van der Waals surface area contributed by atoms with Crippen molar-refractivity contribution < 1.29 is 9.13 Å². The molecule has 0 spiro atoms. The van der Waals surface area contributed by atoms with Crippen LogP contribution in [0.1, 0.15) is 32.3 Å². The van der Waals surface area contributed by atoms with E-state index < -0.39 is 5.54 Å². The van der Waals surface area contributed by atoms with Gasteiger partial charge in [0.05, 0.1) is 12.2 Å². The SMILES string of the molecule is CC(C)Oc1cccc(CN2CCC(C#N)(Nc3cccc(F)c3)CC2)c1. The summed E-state index contributed by atoms with van der Waals surface area (Å²) < 4.78 is 19.2. The van der Waals surface area contributed by atoms with Gasteiger partial charge in [-0.15, -0.1) is 0 Å². The van der Waals surface area contributed by atoms with Crippen molar-refractivity contribution in [3.05, 3.63) is 59.9 Å². The van der Waals surface area contributed by atoms with Crippen molar-refractivity contribution in [2.45, 2.75) is 44.9 Å². The molecule has 1 N–H and O–H groups in total. The molecule has 3 rings (SSSR count). The molecular weight excluding hydrogens is 341 g/mol. The molecular formula is C22H26FN3O. The molecule has 0 bridgehead atoms. The van der Waals surface area contributed by atoms with Gasteiger partial charge < -0.3 is 10.1 Å². The maximum atomic E-state index is 13.4. The van der Waals surface area contributed by atoms with E-state index >= 15 is 0 Å². The first kappa shape index (κ1) is 19.2. The molecule has 142 valence electrons. The summed E-state index contributed by atoms with van der Waals surface area (Å²) in [5, 5.41) is 13.0. The van der Waals surface area contributed by atoms with Crippen LogP contribution in [0.15, 0.2) is 48.5 Å². The van der Waals surface area contributed by atoms with Crippen LogP contribution in [0.4, 0.5) is 10.1 Å². The van der Waals surface area contributed by atoms with Crippen molar-refractivity contribution in [1.29, 1.82) is 5.26 Å². The zero-order chi connectivity index (χ0) is 19.3. The fraction of sp³-hybridized carbons (Fsp3) is 0.409. The van der Waals surface area contributed by atoms with Crippen LogP contribution in [-0.4, -0.2) is 29.6 Å². The van der Waals surface area contributed by atoms with Crippen LogP contribution in [-0.2, 0) is 6.54 Å². The number of nitrogens with zero attached hydrogens (tertiary/aromatic N) is 2. The van der Waals surface area contributed by atoms with Crippen molar-refractivity contribution in [2.24, 2.45) is 0 Å². The number of nitrogens with one attached hydrogen (secondary N) is 1. The van der Waals surface area contributed by atoms with Crippen LogP contribution < -0.4 is 10.1 Å². The summed E-state index contributed by atoms with van der Waals surface area (Å²) in [6.45, 7) is 6.49. The number of halogens is 1. The Morgan fingerprint density at radius 3 is 2.59 bits per heavy atom. The van der Waals surface area contributed by atoms with E-state index in [9.17, 15) is 9.65 Å². The summed E-state index contributed by atoms with van der Waals surface area (Å²) in [7, 11) is 0. The predicted molar refractivity (Wildman–Crippen MR) is 105 cm³/mol. The van der Waals surface area contributed by atoms with Crippen LogP contribution in [0.3, 0.4) is 0 Å². The molecule has 0 radical (unpaired) electrons. The van der Waals surface area contributed by atoms with Gasteiger partial charge in [-0.3, -0.25) is 4.90 Å². The monoisotopic (exact) mass is 367 g/mol. The molecule has 0 atom stereocenters. The average molecular weight is 367 g/mol. The molecule has 0 aliphatic carbocycles. The molecule has 5 heteroatoms. The number of likely N-dealkylation sites (tertiary alicyclic amines) is 1. The highest BCUT2D eigenvalue weighted by atomic mass is 19.1. The van der Waals surface area contributed by atoms with E-state index in [4.69, 9.17) is 4.74 Å². The predicted octanol–water partition coefficient (Wildman–Crippen LogP) is 4.58. The van der Waals surface area contributed by atoms with Gasteiger partial charge in [0.15, 0.2) is 0 Å². The topological polar surface area (TPSA) is 48.3 Å². The zero-order valence-electron chi connectivity index (χ0n) is 15.9. The first-order valence-corrected chi connectivity index (χ1v) is 9.41. The van der Waals surface area contributed by atoms with Gasteiger partial charge in [-0.2, -0.15) is 5.26 Å². The lowest BCUT2D eigenvalue weighted by Gasteiger charge is -2.38. The van der Waals surface area contributed by atoms with Gasteiger partial charge >= 0.3 is 0 Å². The minimum absolute atomic E-state index is 0.153. The lowest BCUT2D eigenvalue weighted by Crippen LogP contribution is -2.48. The molecule has 1 fully saturated rings. The van der Waals surface area contributed by atoms with Crippen molar-refractivity contribution in [3.63, 3.8) is 0 Å². The number of hydrogen-bond acceptors (Lipinski definition) is 4. The summed E-state index contributed by atoms with van der Waals surface area (Å²) in [6, 6.07) is 16.9. The second-order valence-corrected chi connectivity index (χ2v) is 7.42. The normalized spacial score (nSPS) is 16.7. The first-order valence-electron chi connectivity index (χ1n) is 9.41. The molecule has 2 aromatic carbocycles. The lowest BCUT2D eigenvalue weighted by molar-refractivity contribution is 0.189. The summed E-state index contributed by atoms with van der Waals surface area (Å²) >= 11 is 0. The van der Waals surface area contributed by atoms with Crippen LogP contribution >= 0.6 is 0 Å². The molecule has 1 heterocycles. The first-order chi connectivity index (χ1) is 13.0. The van der Waals surface area contributed by atoms with Crippen molar-refractivity contribution in [3.8, 4) is 11.8 Å². The van der Waals surface area contributed by atoms with E-state index in [0.29, 0.717) is 18.5 Å². The minimum atomic E-state index is -0.646. The molecule has 4 nitrogen and oxygen atoms in total. The van der Waals surface area contributed by atoms with Gasteiger partial charge in [-0.25, -0.2) is 4.39 Å². The van der Waals surface area contributed by atoms with Gasteiger partial charge in [-0.05, 0) is 62.6 Å². The maximum Gasteiger partial charge on any atom is 0.127 e. The Bertz CT molecular complexity index is 807. The molecule has 1 aliphatic heterocycles. The van der Waals surface area contributed by atoms with Crippen LogP contribution in [0, 0.1) is 17.1 Å². The Morgan fingerprint density at radius 2 is 1.93 bits per heavy atom. The number of ether oxygens (including phenoxy) is 1. The summed E-state index contributed by atoms with van der Waals surface area (Å²) in [6.07, 6.45) is 1.55. The maximum absolute atomic E-state index is 13.4. The van der Waals surface area contributed by atoms with Gasteiger partial charge in [0.2, 0.25) is 0 Å². The molecule has 1 saturated heterocycles. The van der Waals surface area contributed by atoms with E-state index in [-0.39, 0.29) is 11.9 Å². The number of nitriles is 1. The fourth-order valence-corrected chi connectivity index (χ4v) is 3.45. The summed E-state index contributed by atoms with van der Waals surface area (Å²) in [4.78, 5) is 2.34. The third-order valence-corrected chi connectivity index (χ3v) is 4.81. The van der Waals surface area contributed by atoms with Crippen LogP contribution in [0.5, 0.6) is 5.75 Å². The van der Waals surface area contributed by atoms with E-state index in [0.717, 1.165) is 25.4 Å². The Morgan fingerprint density at radius 1 is 1.19 bits per heavy atom. The molecule has 0 unspecified atom stereocenters. The van der Waals surface area contributed by atoms with E-state index in [1.54, 1.807) is 12.1 Å². The van der Waals surface area contributed by atoms with E-state index in [1.807, 2.05) is 26.0 Å². The molecule has 0 amide bonds. The Labute approximate surface area is 160 Å². The third-order valence-electron chi connectivity index (χ3n) is 4.81. The smallest absolute Gasteiger partial charge is 0.127 e. The molecule has 0 saturated carbocycles. The highest BCUT2D eigenvalue weighted by Gasteiger charge is 2.34. The minimum Gasteiger partial charge on any atom is -0.491 e. The van der Waals surface area contributed by atoms with Gasteiger partial charge in [-0.1, -0.05) is 18.2 Å². The standard InChI is InChI=1S/C22H26FN3O/c1-17(2)27-21-8-3-5-18(13-21)15-26-11-9-22(16-24,10-12-26)25-20-7-4-6-19(23)14-20/h3-8,13-14,17,25H,9-12,15H2,1-2H3. The van der Waals surface area contributed by atoms with Crippen molar-refractivity contribution in [1.82, 2.24) is 4.90 Å². The Kier molecular flexibility index (Phi) is 5.98. The Balaban J connectivity index is 1.60. The average Bonchev–Trinajstić information content (AvgIpc) is 2.63. The van der Waals surface area contributed by atoms with Crippen LogP contribution in [0.2, 0.25) is 0 Å². The zero-order valence-corrected chi connectivity index (χ0v) is 15.9. The summed E-state index contributed by atoms with van der Waals surface area (Å²) in [5.74, 6) is 0.590. The molecule has 1 aliphatic rings. The van der Waals surface area contributed by atoms with Crippen molar-refractivity contribution in [2.75, 3.05) is 18.4 Å². The van der Waals surface area contributed by atoms with Gasteiger partial charge in [0, 0.05) is 25.3 Å². The van der Waals surface area contributed by atoms with E-state index in [1.165, 1.54) is 17.7 Å². The highest BCUT2D eigenvalue weighted by Crippen LogP contribution is 2.28. The number of benzene rings is 2. The largest absolute Gasteiger partial charge is 0.491 e. The van der Waals surface area contributed by atoms with Gasteiger partial charge in [0.1, 0.15) is 17.1 Å². The Hall–Kier alpha value is -2.58. The summed E-state index contributed by atoms with van der Waals surface area (Å²) in [5.41, 5.74) is 1.21. The highest BCUT2D eigenvalue weighted by molar-refractivity contribution is 5.48. The number of hydrogen-bond donors (Lipinski definition) is 1.